The summed E-state index contributed by atoms with van der Waals surface area (Å²) in [7, 11) is 5.37. The molecule has 6 aromatic rings. The molecule has 3 amide bonds. The van der Waals surface area contributed by atoms with Crippen LogP contribution in [0.2, 0.25) is 0 Å². The van der Waals surface area contributed by atoms with Gasteiger partial charge in [0.15, 0.2) is 5.75 Å². The van der Waals surface area contributed by atoms with E-state index in [1.54, 1.807) is 53.6 Å². The van der Waals surface area contributed by atoms with Gasteiger partial charge in [-0.25, -0.2) is 9.78 Å². The molecular weight excluding hydrogens is 1070 g/mol. The summed E-state index contributed by atoms with van der Waals surface area (Å²) >= 11 is 0. The number of ether oxygens (including phenoxy) is 3. The number of nitrogen functional groups attached to an aromatic ring is 1. The first-order chi connectivity index (χ1) is 40.4. The Morgan fingerprint density at radius 3 is 2.18 bits per heavy atom. The Hall–Kier alpha value is -8.17. The van der Waals surface area contributed by atoms with Gasteiger partial charge in [0.25, 0.3) is 11.5 Å². The van der Waals surface area contributed by atoms with Crippen LogP contribution < -0.4 is 57.4 Å². The number of carbonyl (C=O) groups is 3. The van der Waals surface area contributed by atoms with E-state index in [0.29, 0.717) is 101 Å². The van der Waals surface area contributed by atoms with Gasteiger partial charge in [-0.3, -0.25) is 38.1 Å². The zero-order valence-corrected chi connectivity index (χ0v) is 50.4. The molecular formula is C63H87N13O8. The number of aromatic nitrogens is 4. The average molecular weight is 1150 g/mol. The molecule has 0 saturated carbocycles. The lowest BCUT2D eigenvalue weighted by atomic mass is 9.97. The van der Waals surface area contributed by atoms with Crippen molar-refractivity contribution in [1.29, 1.82) is 5.41 Å². The number of fused-ring (bicyclic) bond motifs is 1. The van der Waals surface area contributed by atoms with Crippen molar-refractivity contribution >= 4 is 52.2 Å². The van der Waals surface area contributed by atoms with Crippen molar-refractivity contribution in [1.82, 2.24) is 44.9 Å². The minimum absolute atomic E-state index is 0.00475. The summed E-state index contributed by atoms with van der Waals surface area (Å²) in [5.41, 5.74) is 12.9. The fraction of sp³-hybridized carbons (Fsp3) is 0.476. The average Bonchev–Trinajstić information content (AvgIpc) is 2.45. The Balaban J connectivity index is 0.725. The van der Waals surface area contributed by atoms with E-state index in [1.807, 2.05) is 83.1 Å². The molecule has 4 heterocycles. The number of amides is 3. The summed E-state index contributed by atoms with van der Waals surface area (Å²) in [4.78, 5) is 78.4. The molecule has 8 N–H and O–H groups in total. The predicted molar refractivity (Wildman–Crippen MR) is 333 cm³/mol. The van der Waals surface area contributed by atoms with Gasteiger partial charge in [0, 0.05) is 144 Å². The van der Waals surface area contributed by atoms with Crippen LogP contribution in [0.1, 0.15) is 111 Å². The highest BCUT2D eigenvalue weighted by molar-refractivity contribution is 6.06. The lowest BCUT2D eigenvalue weighted by molar-refractivity contribution is -0.122. The predicted octanol–water partition coefficient (Wildman–Crippen LogP) is 7.64. The zero-order chi connectivity index (χ0) is 60.3. The number of piperazine rings is 1. The molecule has 21 heteroatoms. The Morgan fingerprint density at radius 2 is 1.49 bits per heavy atom. The van der Waals surface area contributed by atoms with Gasteiger partial charge in [-0.15, -0.1) is 0 Å². The van der Waals surface area contributed by atoms with Crippen LogP contribution in [0.25, 0.3) is 22.2 Å². The normalized spacial score (nSPS) is 12.7. The zero-order valence-electron chi connectivity index (χ0n) is 50.4. The number of aryl methyl sites for hydroxylation is 4. The number of likely N-dealkylation sites (N-methyl/N-ethyl adjacent to an activating group) is 1. The van der Waals surface area contributed by atoms with Crippen molar-refractivity contribution in [3.63, 3.8) is 0 Å². The van der Waals surface area contributed by atoms with E-state index in [-0.39, 0.29) is 41.6 Å². The molecule has 0 bridgehead atoms. The lowest BCUT2D eigenvalue weighted by Crippen LogP contribution is -2.48. The first-order valence-electron chi connectivity index (χ1n) is 29.5. The van der Waals surface area contributed by atoms with Crippen LogP contribution >= 0.6 is 0 Å². The Bertz CT molecular complexity index is 3330. The topological polar surface area (TPSA) is 259 Å². The van der Waals surface area contributed by atoms with Crippen LogP contribution in [0.5, 0.6) is 23.0 Å². The maximum absolute atomic E-state index is 13.7. The second-order valence-corrected chi connectivity index (χ2v) is 22.2. The first-order valence-corrected chi connectivity index (χ1v) is 29.5. The fourth-order valence-corrected chi connectivity index (χ4v) is 10.3. The fourth-order valence-electron chi connectivity index (χ4n) is 10.3. The van der Waals surface area contributed by atoms with Gasteiger partial charge < -0.3 is 56.5 Å². The lowest BCUT2D eigenvalue weighted by Gasteiger charge is -2.35. The van der Waals surface area contributed by atoms with Gasteiger partial charge >= 0.3 is 5.69 Å². The van der Waals surface area contributed by atoms with E-state index in [0.717, 1.165) is 119 Å². The number of imidazole rings is 1. The van der Waals surface area contributed by atoms with E-state index >= 15 is 0 Å². The number of hydrogen-bond acceptors (Lipinski definition) is 15. The molecule has 0 spiro atoms. The van der Waals surface area contributed by atoms with Crippen molar-refractivity contribution in [2.24, 2.45) is 14.1 Å². The number of carbonyl (C=O) groups excluding carboxylic acids is 3. The van der Waals surface area contributed by atoms with E-state index in [9.17, 15) is 24.0 Å². The quantitative estimate of drug-likeness (QED) is 0.0122. The van der Waals surface area contributed by atoms with Crippen molar-refractivity contribution in [3.05, 3.63) is 116 Å². The molecule has 1 aliphatic heterocycles. The Kier molecular flexibility index (Phi) is 23.4. The summed E-state index contributed by atoms with van der Waals surface area (Å²) < 4.78 is 21.4. The molecule has 1 aliphatic rings. The molecule has 3 aromatic heterocycles. The number of H-pyrrole nitrogens is 1. The second kappa shape index (κ2) is 30.9. The summed E-state index contributed by atoms with van der Waals surface area (Å²) in [6.07, 6.45) is 10.7. The number of pyridine rings is 2. The molecule has 1 saturated heterocycles. The standard InChI is InChI=1S/C63H87N13O8/c1-9-28-82-47-33-48(35-49(34-47)84-57-37-56-55(36-53(57)65)73(7)63(81)74(56)8)83-29-16-15-22-72(6)41-60(78)66-20-14-12-10-11-13-17-59(77)67-21-23-75-24-26-76(27-25-75)58-19-18-45(39-68-58)46-31-50(51(38-64)54(32-46)70-42(2)3)61(79)69-40-52-43(4)30-44(5)71-62(52)80/h18-19,30-39,42,64,70H,9-17,20-29,40-41,65H2,1-8H3,(H,66,78)(H,67,77)(H,69,79)(H,71,80). The van der Waals surface area contributed by atoms with Crippen LogP contribution in [0.3, 0.4) is 0 Å². The SMILES string of the molecule is CCCOc1cc(OCCCCN(C)CC(=O)NCCCCCCCC(=O)NCCN2CCN(c3ccc(-c4cc(NC(C)C)c(C=N)c(C(=O)NCc5c(C)cc(C)[nH]c5=O)c4)cn3)CC2)cc(Oc2cc3c(cc2N)n(C)c(=O)n3C)c1. The summed E-state index contributed by atoms with van der Waals surface area (Å²) in [5.74, 6) is 2.71. The smallest absolute Gasteiger partial charge is 0.328 e. The van der Waals surface area contributed by atoms with E-state index in [4.69, 9.17) is 30.3 Å². The number of unbranched alkanes of at least 4 members (excludes halogenated alkanes) is 5. The molecule has 1 fully saturated rings. The minimum Gasteiger partial charge on any atom is -0.493 e. The number of nitrogens with two attached hydrogens (primary N) is 1. The number of nitrogens with one attached hydrogen (secondary N) is 6. The third kappa shape index (κ3) is 17.9. The van der Waals surface area contributed by atoms with Crippen LogP contribution in [-0.4, -0.2) is 138 Å². The van der Waals surface area contributed by atoms with Crippen molar-refractivity contribution in [2.45, 2.75) is 105 Å². The van der Waals surface area contributed by atoms with Crippen LogP contribution in [0, 0.1) is 19.3 Å². The van der Waals surface area contributed by atoms with Gasteiger partial charge in [-0.2, -0.15) is 0 Å². The molecule has 452 valence electrons. The number of rotatable bonds is 32. The second-order valence-electron chi connectivity index (χ2n) is 22.2. The van der Waals surface area contributed by atoms with Crippen molar-refractivity contribution in [2.75, 3.05) is 95.1 Å². The van der Waals surface area contributed by atoms with Gasteiger partial charge in [-0.1, -0.05) is 26.2 Å². The first kappa shape index (κ1) is 63.4. The molecule has 0 atom stereocenters. The van der Waals surface area contributed by atoms with Crippen LogP contribution in [0.15, 0.2) is 76.4 Å². The molecule has 84 heavy (non-hydrogen) atoms. The summed E-state index contributed by atoms with van der Waals surface area (Å²) in [6.45, 7) is 17.1. The number of nitrogens with zero attached hydrogens (tertiary/aromatic N) is 6. The highest BCUT2D eigenvalue weighted by Gasteiger charge is 2.22. The maximum Gasteiger partial charge on any atom is 0.328 e. The van der Waals surface area contributed by atoms with Crippen LogP contribution in [-0.2, 0) is 30.2 Å². The number of aromatic amines is 1. The van der Waals surface area contributed by atoms with Gasteiger partial charge in [0.1, 0.15) is 23.1 Å². The number of hydrogen-bond donors (Lipinski definition) is 7. The molecule has 0 radical (unpaired) electrons. The third-order valence-electron chi connectivity index (χ3n) is 14.9. The Labute approximate surface area is 493 Å². The highest BCUT2D eigenvalue weighted by atomic mass is 16.5. The van der Waals surface area contributed by atoms with Gasteiger partial charge in [0.05, 0.1) is 42.0 Å². The summed E-state index contributed by atoms with van der Waals surface area (Å²) in [5, 5.41) is 20.7. The summed E-state index contributed by atoms with van der Waals surface area (Å²) in [6, 6.07) is 18.6. The van der Waals surface area contributed by atoms with Crippen molar-refractivity contribution < 1.29 is 28.6 Å². The Morgan fingerprint density at radius 1 is 0.798 bits per heavy atom. The van der Waals surface area contributed by atoms with E-state index < -0.39 is 0 Å². The largest absolute Gasteiger partial charge is 0.493 e. The molecule has 7 rings (SSSR count). The molecule has 3 aromatic carbocycles. The number of anilines is 3. The van der Waals surface area contributed by atoms with Gasteiger partial charge in [0.2, 0.25) is 11.8 Å². The van der Waals surface area contributed by atoms with Crippen LogP contribution in [0.4, 0.5) is 17.2 Å². The molecule has 0 aliphatic carbocycles. The van der Waals surface area contributed by atoms with Crippen molar-refractivity contribution in [3.8, 4) is 34.1 Å². The van der Waals surface area contributed by atoms with E-state index in [2.05, 4.69) is 36.1 Å². The monoisotopic (exact) mass is 1150 g/mol. The third-order valence-corrected chi connectivity index (χ3v) is 14.9. The molecule has 21 nitrogen and oxygen atoms in total. The minimum atomic E-state index is -0.384. The van der Waals surface area contributed by atoms with E-state index in [1.165, 1.54) is 6.21 Å². The maximum atomic E-state index is 13.7. The molecule has 0 unspecified atom stereocenters. The number of benzene rings is 3. The highest BCUT2D eigenvalue weighted by Crippen LogP contribution is 2.36. The van der Waals surface area contributed by atoms with Gasteiger partial charge in [-0.05, 0) is 121 Å².